The zero-order chi connectivity index (χ0) is 17.7. The van der Waals surface area contributed by atoms with Gasteiger partial charge in [-0.15, -0.1) is 0 Å². The van der Waals surface area contributed by atoms with E-state index in [-0.39, 0.29) is 5.12 Å². The molecule has 1 rings (SSSR count). The Hall–Kier alpha value is -1.61. The molecule has 0 saturated carbocycles. The largest absolute Gasteiger partial charge is 0.455 e. The molecule has 1 heterocycles. The molecule has 0 N–H and O–H groups in total. The molecule has 0 unspecified atom stereocenters. The summed E-state index contributed by atoms with van der Waals surface area (Å²) in [5.41, 5.74) is 0. The molecule has 0 aliphatic carbocycles. The lowest BCUT2D eigenvalue weighted by atomic mass is 10.1. The maximum absolute atomic E-state index is 11.4. The minimum atomic E-state index is -1.21. The highest BCUT2D eigenvalue weighted by molar-refractivity contribution is 8.14. The van der Waals surface area contributed by atoms with E-state index in [0.29, 0.717) is 0 Å². The van der Waals surface area contributed by atoms with E-state index in [1.54, 1.807) is 6.92 Å². The summed E-state index contributed by atoms with van der Waals surface area (Å²) in [4.78, 5) is 45.1. The molecule has 1 fully saturated rings. The molecule has 130 valence electrons. The topological polar surface area (TPSA) is 105 Å². The van der Waals surface area contributed by atoms with Gasteiger partial charge in [0.15, 0.2) is 11.2 Å². The van der Waals surface area contributed by atoms with Gasteiger partial charge in [0.1, 0.15) is 6.10 Å². The first-order valence-corrected chi connectivity index (χ1v) is 7.84. The molecular formula is C14H20O8S. The number of thioether (sulfide) groups is 1. The SMILES string of the molecule is CC(=O)O[C@@H]1O[C@H]([C@H](C)SC(C)=O)[C@@H](OC(C)=O)[C@@H]1OC(C)=O. The Morgan fingerprint density at radius 2 is 1.35 bits per heavy atom. The monoisotopic (exact) mass is 348 g/mol. The maximum atomic E-state index is 11.4. The van der Waals surface area contributed by atoms with Crippen LogP contribution < -0.4 is 0 Å². The average Bonchev–Trinajstić information content (AvgIpc) is 2.65. The summed E-state index contributed by atoms with van der Waals surface area (Å²) in [6.07, 6.45) is -4.06. The number of carbonyl (C=O) groups excluding carboxylic acids is 4. The second-order valence-electron chi connectivity index (χ2n) is 5.04. The first-order valence-electron chi connectivity index (χ1n) is 6.96. The van der Waals surface area contributed by atoms with Gasteiger partial charge in [-0.25, -0.2) is 0 Å². The predicted molar refractivity (Wildman–Crippen MR) is 79.3 cm³/mol. The van der Waals surface area contributed by atoms with Crippen molar-refractivity contribution in [3.63, 3.8) is 0 Å². The molecule has 1 saturated heterocycles. The second-order valence-corrected chi connectivity index (χ2v) is 6.60. The summed E-state index contributed by atoms with van der Waals surface area (Å²) in [7, 11) is 0. The molecule has 0 aromatic heterocycles. The van der Waals surface area contributed by atoms with E-state index in [9.17, 15) is 19.2 Å². The number of ether oxygens (including phenoxy) is 4. The van der Waals surface area contributed by atoms with Gasteiger partial charge >= 0.3 is 17.9 Å². The summed E-state index contributed by atoms with van der Waals surface area (Å²) in [5, 5.41) is -0.557. The van der Waals surface area contributed by atoms with Gasteiger partial charge in [-0.3, -0.25) is 19.2 Å². The lowest BCUT2D eigenvalue weighted by Gasteiger charge is -2.25. The summed E-state index contributed by atoms with van der Waals surface area (Å²) >= 11 is 0.988. The highest BCUT2D eigenvalue weighted by Crippen LogP contribution is 2.34. The van der Waals surface area contributed by atoms with Crippen LogP contribution in [-0.4, -0.2) is 52.9 Å². The molecule has 0 radical (unpaired) electrons. The van der Waals surface area contributed by atoms with Crippen LogP contribution in [0.1, 0.15) is 34.6 Å². The van der Waals surface area contributed by atoms with Crippen LogP contribution in [0.15, 0.2) is 0 Å². The van der Waals surface area contributed by atoms with Crippen LogP contribution in [0, 0.1) is 0 Å². The fourth-order valence-corrected chi connectivity index (χ4v) is 3.13. The quantitative estimate of drug-likeness (QED) is 0.527. The molecule has 0 amide bonds. The van der Waals surface area contributed by atoms with E-state index < -0.39 is 47.8 Å². The third-order valence-corrected chi connectivity index (χ3v) is 3.88. The predicted octanol–water partition coefficient (Wildman–Crippen LogP) is 0.806. The highest BCUT2D eigenvalue weighted by Gasteiger charge is 2.53. The molecule has 1 aliphatic heterocycles. The van der Waals surface area contributed by atoms with Gasteiger partial charge in [-0.05, 0) is 0 Å². The molecule has 0 aromatic carbocycles. The van der Waals surface area contributed by atoms with E-state index in [4.69, 9.17) is 18.9 Å². The number of carbonyl (C=O) groups is 4. The minimum absolute atomic E-state index is 0.150. The first-order chi connectivity index (χ1) is 10.6. The van der Waals surface area contributed by atoms with Crippen LogP contribution in [-0.2, 0) is 38.1 Å². The van der Waals surface area contributed by atoms with Crippen molar-refractivity contribution in [2.45, 2.75) is 64.5 Å². The van der Waals surface area contributed by atoms with Gasteiger partial charge < -0.3 is 18.9 Å². The second kappa shape index (κ2) is 8.30. The molecule has 0 spiro atoms. The summed E-state index contributed by atoms with van der Waals surface area (Å²) in [5.74, 6) is -1.88. The van der Waals surface area contributed by atoms with Gasteiger partial charge in [-0.2, -0.15) is 0 Å². The number of rotatable bonds is 5. The Labute approximate surface area is 138 Å². The summed E-state index contributed by atoms with van der Waals surface area (Å²) in [6.45, 7) is 6.65. The van der Waals surface area contributed by atoms with Crippen LogP contribution in [0.5, 0.6) is 0 Å². The zero-order valence-electron chi connectivity index (χ0n) is 13.6. The van der Waals surface area contributed by atoms with Crippen molar-refractivity contribution in [1.82, 2.24) is 0 Å². The van der Waals surface area contributed by atoms with Crippen molar-refractivity contribution in [1.29, 1.82) is 0 Å². The van der Waals surface area contributed by atoms with E-state index in [0.717, 1.165) is 11.8 Å². The normalized spacial score (nSPS) is 27.9. The zero-order valence-corrected chi connectivity index (χ0v) is 14.4. The van der Waals surface area contributed by atoms with E-state index in [2.05, 4.69) is 0 Å². The van der Waals surface area contributed by atoms with Crippen LogP contribution in [0.4, 0.5) is 0 Å². The van der Waals surface area contributed by atoms with E-state index in [1.165, 1.54) is 27.7 Å². The Morgan fingerprint density at radius 1 is 0.870 bits per heavy atom. The molecule has 9 heteroatoms. The Bertz CT molecular complexity index is 491. The van der Waals surface area contributed by atoms with Gasteiger partial charge in [0.25, 0.3) is 0 Å². The van der Waals surface area contributed by atoms with Gasteiger partial charge in [-0.1, -0.05) is 18.7 Å². The van der Waals surface area contributed by atoms with Crippen LogP contribution in [0.3, 0.4) is 0 Å². The lowest BCUT2D eigenvalue weighted by Crippen LogP contribution is -2.43. The molecule has 0 bridgehead atoms. The van der Waals surface area contributed by atoms with Crippen LogP contribution >= 0.6 is 11.8 Å². The number of esters is 3. The average molecular weight is 348 g/mol. The Balaban J connectivity index is 3.06. The van der Waals surface area contributed by atoms with Crippen LogP contribution in [0.25, 0.3) is 0 Å². The van der Waals surface area contributed by atoms with Crippen molar-refractivity contribution in [3.8, 4) is 0 Å². The third-order valence-electron chi connectivity index (χ3n) is 2.91. The van der Waals surface area contributed by atoms with Crippen LogP contribution in [0.2, 0.25) is 0 Å². The van der Waals surface area contributed by atoms with Gasteiger partial charge in [0.2, 0.25) is 12.4 Å². The fraction of sp³-hybridized carbons (Fsp3) is 0.714. The Kier molecular flexibility index (Phi) is 7.01. The van der Waals surface area contributed by atoms with E-state index >= 15 is 0 Å². The van der Waals surface area contributed by atoms with Crippen molar-refractivity contribution in [3.05, 3.63) is 0 Å². The van der Waals surface area contributed by atoms with Crippen molar-refractivity contribution in [2.75, 3.05) is 0 Å². The molecule has 0 aromatic rings. The van der Waals surface area contributed by atoms with Gasteiger partial charge in [0.05, 0.1) is 0 Å². The van der Waals surface area contributed by atoms with Gasteiger partial charge in [0, 0.05) is 32.9 Å². The van der Waals surface area contributed by atoms with Crippen molar-refractivity contribution in [2.24, 2.45) is 0 Å². The lowest BCUT2D eigenvalue weighted by molar-refractivity contribution is -0.195. The summed E-state index contributed by atoms with van der Waals surface area (Å²) < 4.78 is 20.9. The van der Waals surface area contributed by atoms with Crippen molar-refractivity contribution < 1.29 is 38.1 Å². The number of hydrogen-bond acceptors (Lipinski definition) is 9. The third kappa shape index (κ3) is 5.83. The minimum Gasteiger partial charge on any atom is -0.455 e. The molecule has 1 aliphatic rings. The molecule has 23 heavy (non-hydrogen) atoms. The highest BCUT2D eigenvalue weighted by atomic mass is 32.2. The number of hydrogen-bond donors (Lipinski definition) is 0. The van der Waals surface area contributed by atoms with Crippen molar-refractivity contribution >= 4 is 34.8 Å². The molecule has 8 nitrogen and oxygen atoms in total. The van der Waals surface area contributed by atoms with E-state index in [1.807, 2.05) is 0 Å². The fourth-order valence-electron chi connectivity index (χ4n) is 2.26. The maximum Gasteiger partial charge on any atom is 0.305 e. The molecule has 5 atom stereocenters. The Morgan fingerprint density at radius 3 is 1.78 bits per heavy atom. The standard InChI is InChI=1S/C14H20O8S/c1-6(23-10(5)18)11-12(19-7(2)15)13(20-8(3)16)14(22-11)21-9(4)17/h6,11-14H,1-5H3/t6-,11+,12+,13-,14+/m0/s1. The first kappa shape index (κ1) is 19.4. The summed E-state index contributed by atoms with van der Waals surface area (Å²) in [6, 6.07) is 0. The molecular weight excluding hydrogens is 328 g/mol. The smallest absolute Gasteiger partial charge is 0.305 e.